The van der Waals surface area contributed by atoms with Crippen LogP contribution < -0.4 is 10.6 Å². The third-order valence-corrected chi connectivity index (χ3v) is 3.43. The molecule has 0 unspecified atom stereocenters. The summed E-state index contributed by atoms with van der Waals surface area (Å²) in [6.45, 7) is 3.93. The smallest absolute Gasteiger partial charge is 0.258 e. The Morgan fingerprint density at radius 1 is 1.04 bits per heavy atom. The zero-order valence-corrected chi connectivity index (χ0v) is 14.2. The first-order valence-electron chi connectivity index (χ1n) is 7.51. The standard InChI is InChI=1S/C18H18ClFN2O2/c1-11(2)9-17(23)21-13-4-6-14(7-5-13)22-18(24)15-10-12(19)3-8-16(15)20/h3-8,10-11H,9H2,1-2H3,(H,21,23)(H,22,24). The molecular formula is C18H18ClFN2O2. The van der Waals surface area contributed by atoms with E-state index in [4.69, 9.17) is 11.6 Å². The molecule has 24 heavy (non-hydrogen) atoms. The molecule has 0 spiro atoms. The van der Waals surface area contributed by atoms with Crippen molar-refractivity contribution in [2.24, 2.45) is 5.92 Å². The molecule has 0 radical (unpaired) electrons. The number of carbonyl (C=O) groups excluding carboxylic acids is 2. The summed E-state index contributed by atoms with van der Waals surface area (Å²) in [5, 5.41) is 5.64. The lowest BCUT2D eigenvalue weighted by molar-refractivity contribution is -0.116. The van der Waals surface area contributed by atoms with Gasteiger partial charge in [0.15, 0.2) is 0 Å². The summed E-state index contributed by atoms with van der Waals surface area (Å²) in [5.74, 6) is -1.03. The van der Waals surface area contributed by atoms with Crippen molar-refractivity contribution in [3.8, 4) is 0 Å². The molecule has 0 atom stereocenters. The number of halogens is 2. The van der Waals surface area contributed by atoms with Crippen LogP contribution in [0.1, 0.15) is 30.6 Å². The highest BCUT2D eigenvalue weighted by Gasteiger charge is 2.12. The lowest BCUT2D eigenvalue weighted by Gasteiger charge is -2.09. The molecule has 0 saturated carbocycles. The summed E-state index contributed by atoms with van der Waals surface area (Å²) in [6, 6.07) is 10.4. The maximum absolute atomic E-state index is 13.7. The lowest BCUT2D eigenvalue weighted by Crippen LogP contribution is -2.15. The fraction of sp³-hybridized carbons (Fsp3) is 0.222. The van der Waals surface area contributed by atoms with Crippen molar-refractivity contribution in [3.63, 3.8) is 0 Å². The van der Waals surface area contributed by atoms with Gasteiger partial charge >= 0.3 is 0 Å². The van der Waals surface area contributed by atoms with E-state index >= 15 is 0 Å². The largest absolute Gasteiger partial charge is 0.326 e. The van der Waals surface area contributed by atoms with Crippen molar-refractivity contribution in [1.29, 1.82) is 0 Å². The Balaban J connectivity index is 2.02. The predicted molar refractivity (Wildman–Crippen MR) is 93.9 cm³/mol. The van der Waals surface area contributed by atoms with Crippen LogP contribution >= 0.6 is 11.6 Å². The lowest BCUT2D eigenvalue weighted by atomic mass is 10.1. The van der Waals surface area contributed by atoms with E-state index in [-0.39, 0.29) is 22.4 Å². The summed E-state index contributed by atoms with van der Waals surface area (Å²) < 4.78 is 13.7. The Kier molecular flexibility index (Phi) is 5.93. The SMILES string of the molecule is CC(C)CC(=O)Nc1ccc(NC(=O)c2cc(Cl)ccc2F)cc1. The van der Waals surface area contributed by atoms with Crippen molar-refractivity contribution in [2.75, 3.05) is 10.6 Å². The molecule has 0 aliphatic rings. The minimum atomic E-state index is -0.644. The molecular weight excluding hydrogens is 331 g/mol. The number of carbonyl (C=O) groups is 2. The number of nitrogens with one attached hydrogen (secondary N) is 2. The maximum atomic E-state index is 13.7. The van der Waals surface area contributed by atoms with Crippen LogP contribution in [-0.2, 0) is 4.79 Å². The van der Waals surface area contributed by atoms with E-state index in [1.807, 2.05) is 13.8 Å². The van der Waals surface area contributed by atoms with Gasteiger partial charge in [-0.1, -0.05) is 25.4 Å². The molecule has 0 heterocycles. The Hall–Kier alpha value is -2.40. The van der Waals surface area contributed by atoms with Crippen LogP contribution in [0, 0.1) is 11.7 Å². The number of anilines is 2. The molecule has 0 fully saturated rings. The topological polar surface area (TPSA) is 58.2 Å². The Morgan fingerprint density at radius 3 is 2.21 bits per heavy atom. The van der Waals surface area contributed by atoms with Crippen LogP contribution in [0.5, 0.6) is 0 Å². The Bertz CT molecular complexity index is 745. The molecule has 0 bridgehead atoms. The number of rotatable bonds is 5. The van der Waals surface area contributed by atoms with E-state index in [0.717, 1.165) is 6.07 Å². The first-order chi connectivity index (χ1) is 11.3. The summed E-state index contributed by atoms with van der Waals surface area (Å²) in [6.07, 6.45) is 0.437. The summed E-state index contributed by atoms with van der Waals surface area (Å²) in [7, 11) is 0. The minimum absolute atomic E-state index is 0.0669. The van der Waals surface area contributed by atoms with Gasteiger partial charge in [0.2, 0.25) is 5.91 Å². The molecule has 2 aromatic rings. The van der Waals surface area contributed by atoms with E-state index in [2.05, 4.69) is 10.6 Å². The number of hydrogen-bond donors (Lipinski definition) is 2. The van der Waals surface area contributed by atoms with Gasteiger partial charge in [0.05, 0.1) is 5.56 Å². The molecule has 6 heteroatoms. The summed E-state index contributed by atoms with van der Waals surface area (Å²) >= 11 is 5.78. The second-order valence-electron chi connectivity index (χ2n) is 5.80. The van der Waals surface area contributed by atoms with E-state index in [1.54, 1.807) is 24.3 Å². The monoisotopic (exact) mass is 348 g/mol. The van der Waals surface area contributed by atoms with Crippen LogP contribution in [0.3, 0.4) is 0 Å². The van der Waals surface area contributed by atoms with Gasteiger partial charge in [-0.3, -0.25) is 9.59 Å². The van der Waals surface area contributed by atoms with Gasteiger partial charge in [0.25, 0.3) is 5.91 Å². The molecule has 2 aromatic carbocycles. The van der Waals surface area contributed by atoms with Crippen LogP contribution in [0.4, 0.5) is 15.8 Å². The summed E-state index contributed by atoms with van der Waals surface area (Å²) in [5.41, 5.74) is 0.991. The van der Waals surface area contributed by atoms with E-state index in [9.17, 15) is 14.0 Å². The van der Waals surface area contributed by atoms with Crippen LogP contribution in [0.25, 0.3) is 0 Å². The van der Waals surface area contributed by atoms with Gasteiger partial charge < -0.3 is 10.6 Å². The number of amides is 2. The minimum Gasteiger partial charge on any atom is -0.326 e. The highest BCUT2D eigenvalue weighted by Crippen LogP contribution is 2.18. The molecule has 0 aliphatic carbocycles. The quantitative estimate of drug-likeness (QED) is 0.821. The number of benzene rings is 2. The fourth-order valence-corrected chi connectivity index (χ4v) is 2.26. The molecule has 126 valence electrons. The van der Waals surface area contributed by atoms with Crippen molar-refractivity contribution in [3.05, 3.63) is 58.9 Å². The van der Waals surface area contributed by atoms with Gasteiger partial charge in [-0.15, -0.1) is 0 Å². The molecule has 2 N–H and O–H groups in total. The van der Waals surface area contributed by atoms with E-state index < -0.39 is 11.7 Å². The molecule has 0 aromatic heterocycles. The highest BCUT2D eigenvalue weighted by molar-refractivity contribution is 6.31. The van der Waals surface area contributed by atoms with Gasteiger partial charge in [0.1, 0.15) is 5.82 Å². The van der Waals surface area contributed by atoms with Gasteiger partial charge in [-0.25, -0.2) is 4.39 Å². The number of hydrogen-bond acceptors (Lipinski definition) is 2. The normalized spacial score (nSPS) is 10.5. The zero-order chi connectivity index (χ0) is 17.7. The molecule has 2 rings (SSSR count). The van der Waals surface area contributed by atoms with Crippen LogP contribution in [0.15, 0.2) is 42.5 Å². The van der Waals surface area contributed by atoms with Gasteiger partial charge in [-0.2, -0.15) is 0 Å². The van der Waals surface area contributed by atoms with Gasteiger partial charge in [-0.05, 0) is 48.4 Å². The predicted octanol–water partition coefficient (Wildman–Crippen LogP) is 4.72. The third kappa shape index (κ3) is 5.06. The Labute approximate surface area is 145 Å². The second kappa shape index (κ2) is 7.93. The molecule has 0 aliphatic heterocycles. The average molecular weight is 349 g/mol. The van der Waals surface area contributed by atoms with Gasteiger partial charge in [0, 0.05) is 22.8 Å². The van der Waals surface area contributed by atoms with E-state index in [0.29, 0.717) is 17.8 Å². The van der Waals surface area contributed by atoms with Crippen LogP contribution in [-0.4, -0.2) is 11.8 Å². The first-order valence-corrected chi connectivity index (χ1v) is 7.89. The van der Waals surface area contributed by atoms with Crippen molar-refractivity contribution < 1.29 is 14.0 Å². The Morgan fingerprint density at radius 2 is 1.62 bits per heavy atom. The van der Waals surface area contributed by atoms with Crippen molar-refractivity contribution >= 4 is 34.8 Å². The summed E-state index contributed by atoms with van der Waals surface area (Å²) in [4.78, 5) is 23.8. The zero-order valence-electron chi connectivity index (χ0n) is 13.4. The third-order valence-electron chi connectivity index (χ3n) is 3.19. The van der Waals surface area contributed by atoms with Crippen molar-refractivity contribution in [1.82, 2.24) is 0 Å². The van der Waals surface area contributed by atoms with Crippen molar-refractivity contribution in [2.45, 2.75) is 20.3 Å². The molecule has 2 amide bonds. The molecule has 0 saturated heterocycles. The fourth-order valence-electron chi connectivity index (χ4n) is 2.09. The first kappa shape index (κ1) is 17.9. The maximum Gasteiger partial charge on any atom is 0.258 e. The van der Waals surface area contributed by atoms with Crippen LogP contribution in [0.2, 0.25) is 5.02 Å². The molecule has 4 nitrogen and oxygen atoms in total. The van der Waals surface area contributed by atoms with E-state index in [1.165, 1.54) is 12.1 Å². The highest BCUT2D eigenvalue weighted by atomic mass is 35.5. The average Bonchev–Trinajstić information content (AvgIpc) is 2.50. The second-order valence-corrected chi connectivity index (χ2v) is 6.24.